The van der Waals surface area contributed by atoms with Crippen LogP contribution in [0.4, 0.5) is 4.79 Å². The molecule has 0 unspecified atom stereocenters. The minimum atomic E-state index is -1.13. The fourth-order valence-corrected chi connectivity index (χ4v) is 6.59. The van der Waals surface area contributed by atoms with Crippen LogP contribution >= 0.6 is 0 Å². The summed E-state index contributed by atoms with van der Waals surface area (Å²) in [5, 5.41) is 25.8. The number of fused-ring (bicyclic) bond motifs is 3. The number of likely N-dealkylation sites (tertiary alicyclic amines) is 1. The van der Waals surface area contributed by atoms with Crippen molar-refractivity contribution in [2.75, 3.05) is 0 Å². The average molecular weight is 484 g/mol. The normalized spacial score (nSPS) is 34.5. The largest absolute Gasteiger partial charge is 0.443 e. The molecule has 9 heteroatoms. The van der Waals surface area contributed by atoms with Crippen LogP contribution in [0.3, 0.4) is 0 Å². The summed E-state index contributed by atoms with van der Waals surface area (Å²) in [6.07, 6.45) is 3.01. The van der Waals surface area contributed by atoms with Crippen molar-refractivity contribution >= 4 is 23.6 Å². The highest BCUT2D eigenvalue weighted by Gasteiger charge is 2.60. The maximum atomic E-state index is 13.5. The standard InChI is InChI=1S/C26H33N3O6/c30-20-13-19(27-28-26(34)35-14-15-7-3-1-4-8-15)17-11-12-18-22(21(17)23(20)31)25(33)29(24(18)32)16-9-5-2-6-10-16/h1,3-4,7-8,16-18,20-23,30-31H,2,5-6,9-14H2,(H,28,34)/t17-,18+,20+,21+,22+,23-/m0/s1. The van der Waals surface area contributed by atoms with Gasteiger partial charge in [0.05, 0.1) is 24.0 Å². The molecule has 0 bridgehead atoms. The van der Waals surface area contributed by atoms with Gasteiger partial charge in [0.2, 0.25) is 11.8 Å². The number of nitrogens with one attached hydrogen (secondary N) is 1. The van der Waals surface area contributed by atoms with Crippen molar-refractivity contribution in [1.82, 2.24) is 10.3 Å². The lowest BCUT2D eigenvalue weighted by atomic mass is 9.60. The number of aliphatic hydroxyl groups excluding tert-OH is 2. The number of carbonyl (C=O) groups excluding carboxylic acids is 3. The zero-order chi connectivity index (χ0) is 24.5. The quantitative estimate of drug-likeness (QED) is 0.446. The summed E-state index contributed by atoms with van der Waals surface area (Å²) in [5.41, 5.74) is 3.77. The molecule has 1 heterocycles. The lowest BCUT2D eigenvalue weighted by Gasteiger charge is -2.45. The molecule has 4 aliphatic rings. The maximum absolute atomic E-state index is 13.5. The molecule has 188 valence electrons. The van der Waals surface area contributed by atoms with Crippen LogP contribution in [0.25, 0.3) is 0 Å². The van der Waals surface area contributed by atoms with E-state index in [4.69, 9.17) is 4.74 Å². The van der Waals surface area contributed by atoms with Crippen molar-refractivity contribution in [2.24, 2.45) is 28.8 Å². The van der Waals surface area contributed by atoms with E-state index in [1.807, 2.05) is 30.3 Å². The fraction of sp³-hybridized carbons (Fsp3) is 0.615. The van der Waals surface area contributed by atoms with Gasteiger partial charge in [0.15, 0.2) is 0 Å². The van der Waals surface area contributed by atoms with E-state index in [0.29, 0.717) is 18.6 Å². The van der Waals surface area contributed by atoms with Gasteiger partial charge in [-0.1, -0.05) is 49.6 Å². The second kappa shape index (κ2) is 10.1. The number of ether oxygens (including phenoxy) is 1. The predicted molar refractivity (Wildman–Crippen MR) is 126 cm³/mol. The van der Waals surface area contributed by atoms with Gasteiger partial charge < -0.3 is 14.9 Å². The van der Waals surface area contributed by atoms with Gasteiger partial charge in [0, 0.05) is 30.0 Å². The molecule has 3 aliphatic carbocycles. The van der Waals surface area contributed by atoms with Crippen molar-refractivity contribution < 1.29 is 29.3 Å². The molecule has 0 aromatic heterocycles. The van der Waals surface area contributed by atoms with Crippen molar-refractivity contribution in [3.63, 3.8) is 0 Å². The molecule has 1 saturated heterocycles. The van der Waals surface area contributed by atoms with Gasteiger partial charge in [-0.05, 0) is 31.2 Å². The van der Waals surface area contributed by atoms with Gasteiger partial charge in [0.1, 0.15) is 6.61 Å². The molecular weight excluding hydrogens is 450 g/mol. The zero-order valence-electron chi connectivity index (χ0n) is 19.7. The Morgan fingerprint density at radius 3 is 2.46 bits per heavy atom. The Balaban J connectivity index is 1.30. The minimum Gasteiger partial charge on any atom is -0.443 e. The number of amides is 3. The molecule has 1 aliphatic heterocycles. The predicted octanol–water partition coefficient (Wildman–Crippen LogP) is 2.35. The van der Waals surface area contributed by atoms with Crippen molar-refractivity contribution in [3.05, 3.63) is 35.9 Å². The first-order valence-electron chi connectivity index (χ1n) is 12.7. The van der Waals surface area contributed by atoms with Crippen LogP contribution in [0.1, 0.15) is 56.9 Å². The lowest BCUT2D eigenvalue weighted by molar-refractivity contribution is -0.145. The third kappa shape index (κ3) is 4.59. The second-order valence-corrected chi connectivity index (χ2v) is 10.3. The monoisotopic (exact) mass is 483 g/mol. The summed E-state index contributed by atoms with van der Waals surface area (Å²) in [6, 6.07) is 9.21. The van der Waals surface area contributed by atoms with Crippen molar-refractivity contribution in [1.29, 1.82) is 0 Å². The Kier molecular flexibility index (Phi) is 6.88. The van der Waals surface area contributed by atoms with Crippen LogP contribution in [-0.4, -0.2) is 57.0 Å². The van der Waals surface area contributed by atoms with Gasteiger partial charge in [-0.25, -0.2) is 10.2 Å². The highest BCUT2D eigenvalue weighted by Crippen LogP contribution is 2.50. The van der Waals surface area contributed by atoms with Crippen LogP contribution < -0.4 is 5.43 Å². The number of imide groups is 1. The summed E-state index contributed by atoms with van der Waals surface area (Å²) in [4.78, 5) is 40.5. The highest BCUT2D eigenvalue weighted by atomic mass is 16.6. The first-order valence-corrected chi connectivity index (χ1v) is 12.7. The summed E-state index contributed by atoms with van der Waals surface area (Å²) >= 11 is 0. The summed E-state index contributed by atoms with van der Waals surface area (Å²) in [6.45, 7) is 0.0995. The first kappa shape index (κ1) is 23.9. The molecular formula is C26H33N3O6. The third-order valence-electron chi connectivity index (χ3n) is 8.26. The molecule has 3 amide bonds. The average Bonchev–Trinajstić information content (AvgIpc) is 3.14. The second-order valence-electron chi connectivity index (χ2n) is 10.3. The maximum Gasteiger partial charge on any atom is 0.428 e. The molecule has 5 rings (SSSR count). The number of hydrazone groups is 1. The Morgan fingerprint density at radius 2 is 1.71 bits per heavy atom. The highest BCUT2D eigenvalue weighted by molar-refractivity contribution is 6.06. The molecule has 35 heavy (non-hydrogen) atoms. The number of carbonyl (C=O) groups is 3. The molecule has 3 N–H and O–H groups in total. The Labute approximate surface area is 204 Å². The van der Waals surface area contributed by atoms with Crippen LogP contribution in [-0.2, 0) is 20.9 Å². The Bertz CT molecular complexity index is 992. The number of hydrogen-bond donors (Lipinski definition) is 3. The minimum absolute atomic E-state index is 0.0624. The van der Waals surface area contributed by atoms with Gasteiger partial charge >= 0.3 is 6.09 Å². The molecule has 0 spiro atoms. The molecule has 6 atom stereocenters. The van der Waals surface area contributed by atoms with Gasteiger partial charge in [-0.15, -0.1) is 0 Å². The SMILES string of the molecule is O=C(NN=C1C[C@@H](O)[C@H](O)[C@H]2[C@@H]3C(=O)N(C4CCCCC4)C(=O)[C@@H]3CC[C@@H]12)OCc1ccccc1. The van der Waals surface area contributed by atoms with E-state index in [-0.39, 0.29) is 36.8 Å². The van der Waals surface area contributed by atoms with Crippen molar-refractivity contribution in [3.8, 4) is 0 Å². The Hall–Kier alpha value is -2.78. The summed E-state index contributed by atoms with van der Waals surface area (Å²) in [5.74, 6) is -2.38. The number of rotatable bonds is 4. The van der Waals surface area contributed by atoms with Crippen molar-refractivity contribution in [2.45, 2.75) is 76.2 Å². The lowest BCUT2D eigenvalue weighted by Crippen LogP contribution is -2.55. The van der Waals surface area contributed by atoms with E-state index in [0.717, 1.165) is 37.7 Å². The Morgan fingerprint density at radius 1 is 1.00 bits per heavy atom. The topological polar surface area (TPSA) is 129 Å². The van der Waals surface area contributed by atoms with Gasteiger partial charge in [0.25, 0.3) is 0 Å². The number of benzene rings is 1. The fourth-order valence-electron chi connectivity index (χ4n) is 6.59. The van der Waals surface area contributed by atoms with E-state index in [9.17, 15) is 24.6 Å². The zero-order valence-corrected chi connectivity index (χ0v) is 19.7. The van der Waals surface area contributed by atoms with E-state index < -0.39 is 36.1 Å². The van der Waals surface area contributed by atoms with Crippen LogP contribution in [0.2, 0.25) is 0 Å². The molecule has 0 radical (unpaired) electrons. The van der Waals surface area contributed by atoms with Gasteiger partial charge in [-0.3, -0.25) is 14.5 Å². The van der Waals surface area contributed by atoms with Crippen LogP contribution in [0.5, 0.6) is 0 Å². The molecule has 3 saturated carbocycles. The smallest absolute Gasteiger partial charge is 0.428 e. The van der Waals surface area contributed by atoms with E-state index in [2.05, 4.69) is 10.5 Å². The van der Waals surface area contributed by atoms with Crippen LogP contribution in [0, 0.1) is 23.7 Å². The molecule has 1 aromatic carbocycles. The number of nitrogens with zero attached hydrogens (tertiary/aromatic N) is 2. The third-order valence-corrected chi connectivity index (χ3v) is 8.26. The molecule has 9 nitrogen and oxygen atoms in total. The summed E-state index contributed by atoms with van der Waals surface area (Å²) in [7, 11) is 0. The summed E-state index contributed by atoms with van der Waals surface area (Å²) < 4.78 is 5.21. The number of aliphatic hydroxyl groups is 2. The van der Waals surface area contributed by atoms with E-state index in [1.165, 1.54) is 4.90 Å². The number of hydrogen-bond acceptors (Lipinski definition) is 7. The molecule has 4 fully saturated rings. The molecule has 1 aromatic rings. The van der Waals surface area contributed by atoms with E-state index >= 15 is 0 Å². The van der Waals surface area contributed by atoms with E-state index in [1.54, 1.807) is 0 Å². The van der Waals surface area contributed by atoms with Gasteiger partial charge in [-0.2, -0.15) is 5.10 Å². The van der Waals surface area contributed by atoms with Crippen LogP contribution in [0.15, 0.2) is 35.4 Å². The first-order chi connectivity index (χ1) is 17.0.